The molecule has 0 spiro atoms. The van der Waals surface area contributed by atoms with Crippen LogP contribution in [0, 0.1) is 5.82 Å². The normalized spacial score (nSPS) is 13.1. The van der Waals surface area contributed by atoms with Gasteiger partial charge in [0.25, 0.3) is 0 Å². The molecule has 0 aliphatic carbocycles. The Hall–Kier alpha value is -0.680. The van der Waals surface area contributed by atoms with Crippen molar-refractivity contribution >= 4 is 11.6 Å². The van der Waals surface area contributed by atoms with Crippen LogP contribution in [0.25, 0.3) is 0 Å². The van der Waals surface area contributed by atoms with Crippen LogP contribution in [0.5, 0.6) is 0 Å². The van der Waals surface area contributed by atoms with Gasteiger partial charge in [-0.05, 0) is 32.6 Å². The van der Waals surface area contributed by atoms with Gasteiger partial charge in [-0.3, -0.25) is 11.3 Å². The molecule has 0 fully saturated rings. The van der Waals surface area contributed by atoms with E-state index in [0.717, 1.165) is 6.54 Å². The van der Waals surface area contributed by atoms with Gasteiger partial charge < -0.3 is 4.90 Å². The number of likely N-dealkylation sites (N-methyl/N-ethyl adjacent to an activating group) is 1. The SMILES string of the molecule is CN(C)CC(Cc1c(F)cccc1Cl)NN. The molecule has 16 heavy (non-hydrogen) atoms. The van der Waals surface area contributed by atoms with Crippen molar-refractivity contribution in [2.75, 3.05) is 20.6 Å². The minimum absolute atomic E-state index is 0.0237. The summed E-state index contributed by atoms with van der Waals surface area (Å²) >= 11 is 5.94. The highest BCUT2D eigenvalue weighted by Crippen LogP contribution is 2.20. The Morgan fingerprint density at radius 3 is 2.69 bits per heavy atom. The van der Waals surface area contributed by atoms with Crippen molar-refractivity contribution in [3.05, 3.63) is 34.6 Å². The minimum Gasteiger partial charge on any atom is -0.308 e. The molecule has 1 rings (SSSR count). The Labute approximate surface area is 100 Å². The third kappa shape index (κ3) is 3.72. The molecule has 0 amide bonds. The maximum atomic E-state index is 13.5. The maximum absolute atomic E-state index is 13.5. The molecule has 1 aromatic carbocycles. The summed E-state index contributed by atoms with van der Waals surface area (Å²) < 4.78 is 13.5. The third-order valence-corrected chi connectivity index (χ3v) is 2.69. The standard InChI is InChI=1S/C11H17ClFN3/c1-16(2)7-8(15-14)6-9-10(12)4-3-5-11(9)13/h3-5,8,15H,6-7,14H2,1-2H3. The second kappa shape index (κ2) is 6.15. The molecule has 0 aliphatic rings. The fourth-order valence-corrected chi connectivity index (χ4v) is 1.83. The van der Waals surface area contributed by atoms with E-state index in [4.69, 9.17) is 17.4 Å². The molecule has 0 saturated carbocycles. The van der Waals surface area contributed by atoms with E-state index in [0.29, 0.717) is 17.0 Å². The summed E-state index contributed by atoms with van der Waals surface area (Å²) in [6.45, 7) is 0.723. The highest BCUT2D eigenvalue weighted by molar-refractivity contribution is 6.31. The highest BCUT2D eigenvalue weighted by Gasteiger charge is 2.14. The molecule has 1 aromatic rings. The molecular formula is C11H17ClFN3. The van der Waals surface area contributed by atoms with E-state index >= 15 is 0 Å². The Kier molecular flexibility index (Phi) is 5.15. The third-order valence-electron chi connectivity index (χ3n) is 2.33. The van der Waals surface area contributed by atoms with E-state index in [-0.39, 0.29) is 11.9 Å². The molecule has 90 valence electrons. The molecule has 3 nitrogen and oxygen atoms in total. The average Bonchev–Trinajstić information content (AvgIpc) is 2.21. The molecule has 1 unspecified atom stereocenters. The van der Waals surface area contributed by atoms with Crippen molar-refractivity contribution in [1.29, 1.82) is 0 Å². The molecule has 1 atom stereocenters. The summed E-state index contributed by atoms with van der Waals surface area (Å²) in [5, 5.41) is 0.444. The lowest BCUT2D eigenvalue weighted by atomic mass is 10.1. The maximum Gasteiger partial charge on any atom is 0.127 e. The highest BCUT2D eigenvalue weighted by atomic mass is 35.5. The number of hydrazine groups is 1. The van der Waals surface area contributed by atoms with Crippen LogP contribution in [0.1, 0.15) is 5.56 Å². The summed E-state index contributed by atoms with van der Waals surface area (Å²) in [5.74, 6) is 5.14. The fourth-order valence-electron chi connectivity index (χ4n) is 1.59. The quantitative estimate of drug-likeness (QED) is 0.609. The van der Waals surface area contributed by atoms with E-state index in [1.165, 1.54) is 6.07 Å². The van der Waals surface area contributed by atoms with Crippen LogP contribution in [0.15, 0.2) is 18.2 Å². The zero-order valence-corrected chi connectivity index (χ0v) is 10.3. The van der Waals surface area contributed by atoms with Crippen molar-refractivity contribution < 1.29 is 4.39 Å². The Morgan fingerprint density at radius 1 is 1.50 bits per heavy atom. The Morgan fingerprint density at radius 2 is 2.19 bits per heavy atom. The first-order valence-electron chi connectivity index (χ1n) is 5.08. The zero-order valence-electron chi connectivity index (χ0n) is 9.50. The number of hydrogen-bond donors (Lipinski definition) is 2. The van der Waals surface area contributed by atoms with Crippen LogP contribution >= 0.6 is 11.6 Å². The van der Waals surface area contributed by atoms with Gasteiger partial charge in [-0.25, -0.2) is 4.39 Å². The van der Waals surface area contributed by atoms with E-state index in [9.17, 15) is 4.39 Å². The van der Waals surface area contributed by atoms with Gasteiger partial charge in [-0.2, -0.15) is 0 Å². The summed E-state index contributed by atoms with van der Waals surface area (Å²) in [7, 11) is 3.88. The molecule has 3 N–H and O–H groups in total. The van der Waals surface area contributed by atoms with E-state index in [1.807, 2.05) is 19.0 Å². The molecule has 0 aromatic heterocycles. The number of hydrogen-bond acceptors (Lipinski definition) is 3. The summed E-state index contributed by atoms with van der Waals surface area (Å²) in [6.07, 6.45) is 0.472. The van der Waals surface area contributed by atoms with Crippen molar-refractivity contribution in [3.8, 4) is 0 Å². The smallest absolute Gasteiger partial charge is 0.127 e. The summed E-state index contributed by atoms with van der Waals surface area (Å²) in [6, 6.07) is 4.66. The van der Waals surface area contributed by atoms with Crippen molar-refractivity contribution in [2.45, 2.75) is 12.5 Å². The first-order valence-corrected chi connectivity index (χ1v) is 5.46. The van der Waals surface area contributed by atoms with Gasteiger partial charge in [0.1, 0.15) is 5.82 Å². The van der Waals surface area contributed by atoms with Crippen LogP contribution in [0.3, 0.4) is 0 Å². The second-order valence-corrected chi connectivity index (χ2v) is 4.44. The predicted molar refractivity (Wildman–Crippen MR) is 64.8 cm³/mol. The first kappa shape index (κ1) is 13.4. The van der Waals surface area contributed by atoms with Gasteiger partial charge in [-0.15, -0.1) is 0 Å². The van der Waals surface area contributed by atoms with E-state index in [2.05, 4.69) is 5.43 Å². The topological polar surface area (TPSA) is 41.3 Å². The van der Waals surface area contributed by atoms with Gasteiger partial charge >= 0.3 is 0 Å². The number of nitrogens with two attached hydrogens (primary N) is 1. The lowest BCUT2D eigenvalue weighted by Gasteiger charge is -2.20. The van der Waals surface area contributed by atoms with E-state index < -0.39 is 0 Å². The van der Waals surface area contributed by atoms with Gasteiger partial charge in [-0.1, -0.05) is 17.7 Å². The average molecular weight is 246 g/mol. The van der Waals surface area contributed by atoms with Gasteiger partial charge in [0.2, 0.25) is 0 Å². The van der Waals surface area contributed by atoms with Gasteiger partial charge in [0.15, 0.2) is 0 Å². The lowest BCUT2D eigenvalue weighted by Crippen LogP contribution is -2.43. The largest absolute Gasteiger partial charge is 0.308 e. The summed E-state index contributed by atoms with van der Waals surface area (Å²) in [5.41, 5.74) is 3.18. The molecule has 0 aliphatic heterocycles. The minimum atomic E-state index is -0.286. The van der Waals surface area contributed by atoms with Gasteiger partial charge in [0.05, 0.1) is 0 Å². The van der Waals surface area contributed by atoms with Crippen LogP contribution < -0.4 is 11.3 Å². The number of halogens is 2. The first-order chi connectivity index (χ1) is 7.54. The van der Waals surface area contributed by atoms with Gasteiger partial charge in [0, 0.05) is 23.2 Å². The number of rotatable bonds is 5. The zero-order chi connectivity index (χ0) is 12.1. The molecule has 0 bridgehead atoms. The van der Waals surface area contributed by atoms with Crippen molar-refractivity contribution in [1.82, 2.24) is 10.3 Å². The molecule has 0 radical (unpaired) electrons. The number of nitrogens with one attached hydrogen (secondary N) is 1. The molecule has 0 heterocycles. The van der Waals surface area contributed by atoms with Crippen LogP contribution in [0.2, 0.25) is 5.02 Å². The van der Waals surface area contributed by atoms with Crippen LogP contribution in [-0.4, -0.2) is 31.6 Å². The monoisotopic (exact) mass is 245 g/mol. The summed E-state index contributed by atoms with van der Waals surface area (Å²) in [4.78, 5) is 1.99. The van der Waals surface area contributed by atoms with Crippen LogP contribution in [0.4, 0.5) is 4.39 Å². The van der Waals surface area contributed by atoms with E-state index in [1.54, 1.807) is 12.1 Å². The predicted octanol–water partition coefficient (Wildman–Crippen LogP) is 1.42. The fraction of sp³-hybridized carbons (Fsp3) is 0.455. The lowest BCUT2D eigenvalue weighted by molar-refractivity contribution is 0.336. The molecular weight excluding hydrogens is 229 g/mol. The number of benzene rings is 1. The van der Waals surface area contributed by atoms with Crippen molar-refractivity contribution in [3.63, 3.8) is 0 Å². The second-order valence-electron chi connectivity index (χ2n) is 4.03. The van der Waals surface area contributed by atoms with Crippen molar-refractivity contribution in [2.24, 2.45) is 5.84 Å². The Bertz CT molecular complexity index is 324. The molecule has 0 saturated heterocycles. The number of nitrogens with zero attached hydrogens (tertiary/aromatic N) is 1. The Balaban J connectivity index is 2.77. The van der Waals surface area contributed by atoms with Crippen LogP contribution in [-0.2, 0) is 6.42 Å². The molecule has 5 heteroatoms.